The van der Waals surface area contributed by atoms with Crippen molar-refractivity contribution in [3.63, 3.8) is 0 Å². The first-order chi connectivity index (χ1) is 6.83. The summed E-state index contributed by atoms with van der Waals surface area (Å²) < 4.78 is 7.28. The van der Waals surface area contributed by atoms with E-state index < -0.39 is 0 Å². The third kappa shape index (κ3) is 1.65. The number of nitrogens with one attached hydrogen (secondary N) is 1. The largest absolute Gasteiger partial charge is 0.379 e. The molecule has 0 saturated carbocycles. The summed E-state index contributed by atoms with van der Waals surface area (Å²) in [7, 11) is 1.92. The second-order valence-electron chi connectivity index (χ2n) is 3.55. The SMILES string of the molecule is CCNC1COCC1c1ncnn1C. The van der Waals surface area contributed by atoms with Crippen LogP contribution >= 0.6 is 0 Å². The fourth-order valence-corrected chi connectivity index (χ4v) is 1.91. The first-order valence-electron chi connectivity index (χ1n) is 4.98. The molecule has 0 spiro atoms. The van der Waals surface area contributed by atoms with Crippen LogP contribution in [0, 0.1) is 0 Å². The maximum absolute atomic E-state index is 5.46. The molecular weight excluding hydrogens is 180 g/mol. The number of rotatable bonds is 3. The second-order valence-corrected chi connectivity index (χ2v) is 3.55. The molecule has 2 atom stereocenters. The van der Waals surface area contributed by atoms with Gasteiger partial charge in [0.2, 0.25) is 0 Å². The van der Waals surface area contributed by atoms with E-state index in [1.165, 1.54) is 0 Å². The summed E-state index contributed by atoms with van der Waals surface area (Å²) >= 11 is 0. The van der Waals surface area contributed by atoms with Gasteiger partial charge in [0.05, 0.1) is 19.1 Å². The molecule has 1 aromatic heterocycles. The van der Waals surface area contributed by atoms with Gasteiger partial charge in [0.25, 0.3) is 0 Å². The molecule has 1 aliphatic heterocycles. The van der Waals surface area contributed by atoms with Crippen LogP contribution in [0.25, 0.3) is 0 Å². The van der Waals surface area contributed by atoms with E-state index in [1.807, 2.05) is 11.7 Å². The Kier molecular flexibility index (Phi) is 2.79. The molecule has 2 unspecified atom stereocenters. The van der Waals surface area contributed by atoms with Crippen LogP contribution in [0.3, 0.4) is 0 Å². The van der Waals surface area contributed by atoms with Gasteiger partial charge in [-0.25, -0.2) is 4.98 Å². The summed E-state index contributed by atoms with van der Waals surface area (Å²) in [5.41, 5.74) is 0. The highest BCUT2D eigenvalue weighted by Gasteiger charge is 2.31. The lowest BCUT2D eigenvalue weighted by Gasteiger charge is -2.16. The van der Waals surface area contributed by atoms with Gasteiger partial charge in [-0.2, -0.15) is 5.10 Å². The molecule has 0 amide bonds. The van der Waals surface area contributed by atoms with Crippen LogP contribution in [-0.4, -0.2) is 40.6 Å². The maximum Gasteiger partial charge on any atom is 0.138 e. The van der Waals surface area contributed by atoms with E-state index in [-0.39, 0.29) is 0 Å². The van der Waals surface area contributed by atoms with Crippen LogP contribution in [0.2, 0.25) is 0 Å². The molecule has 5 heteroatoms. The van der Waals surface area contributed by atoms with Crippen molar-refractivity contribution in [2.75, 3.05) is 19.8 Å². The van der Waals surface area contributed by atoms with Crippen molar-refractivity contribution >= 4 is 0 Å². The molecule has 78 valence electrons. The van der Waals surface area contributed by atoms with Crippen molar-refractivity contribution in [1.82, 2.24) is 20.1 Å². The zero-order chi connectivity index (χ0) is 9.97. The zero-order valence-corrected chi connectivity index (χ0v) is 8.60. The van der Waals surface area contributed by atoms with E-state index in [0.717, 1.165) is 25.6 Å². The summed E-state index contributed by atoms with van der Waals surface area (Å²) in [5, 5.41) is 7.48. The third-order valence-corrected chi connectivity index (χ3v) is 2.62. The molecule has 14 heavy (non-hydrogen) atoms. The standard InChI is InChI=1S/C9H16N4O/c1-3-10-8-5-14-4-7(8)9-11-6-12-13(9)2/h6-8,10H,3-5H2,1-2H3. The fourth-order valence-electron chi connectivity index (χ4n) is 1.91. The van der Waals surface area contributed by atoms with Crippen LogP contribution < -0.4 is 5.32 Å². The van der Waals surface area contributed by atoms with Crippen LogP contribution in [-0.2, 0) is 11.8 Å². The number of nitrogens with zero attached hydrogens (tertiary/aromatic N) is 3. The lowest BCUT2D eigenvalue weighted by molar-refractivity contribution is 0.187. The van der Waals surface area contributed by atoms with E-state index >= 15 is 0 Å². The van der Waals surface area contributed by atoms with Gasteiger partial charge < -0.3 is 10.1 Å². The Hall–Kier alpha value is -0.940. The molecule has 1 saturated heterocycles. The van der Waals surface area contributed by atoms with Gasteiger partial charge in [-0.3, -0.25) is 4.68 Å². The highest BCUT2D eigenvalue weighted by molar-refractivity contribution is 5.04. The molecule has 1 fully saturated rings. The number of hydrogen-bond acceptors (Lipinski definition) is 4. The van der Waals surface area contributed by atoms with Gasteiger partial charge in [0, 0.05) is 13.1 Å². The average Bonchev–Trinajstić information content (AvgIpc) is 2.74. The number of aromatic nitrogens is 3. The average molecular weight is 196 g/mol. The quantitative estimate of drug-likeness (QED) is 0.734. The highest BCUT2D eigenvalue weighted by atomic mass is 16.5. The molecule has 0 aliphatic carbocycles. The van der Waals surface area contributed by atoms with Crippen molar-refractivity contribution in [2.24, 2.45) is 7.05 Å². The summed E-state index contributed by atoms with van der Waals surface area (Å²) in [6.45, 7) is 4.57. The normalized spacial score (nSPS) is 27.0. The Morgan fingerprint density at radius 3 is 3.14 bits per heavy atom. The molecule has 5 nitrogen and oxygen atoms in total. The summed E-state index contributed by atoms with van der Waals surface area (Å²) in [4.78, 5) is 4.26. The second kappa shape index (κ2) is 4.06. The third-order valence-electron chi connectivity index (χ3n) is 2.62. The summed E-state index contributed by atoms with van der Waals surface area (Å²) in [5.74, 6) is 1.34. The van der Waals surface area contributed by atoms with E-state index in [4.69, 9.17) is 4.74 Å². The lowest BCUT2D eigenvalue weighted by atomic mass is 10.0. The van der Waals surface area contributed by atoms with Gasteiger partial charge in [0.1, 0.15) is 12.2 Å². The fraction of sp³-hybridized carbons (Fsp3) is 0.778. The summed E-state index contributed by atoms with van der Waals surface area (Å²) in [6, 6.07) is 0.378. The minimum absolute atomic E-state index is 0.336. The van der Waals surface area contributed by atoms with Crippen LogP contribution in [0.1, 0.15) is 18.7 Å². The molecule has 0 radical (unpaired) electrons. The first kappa shape index (κ1) is 9.61. The molecule has 2 rings (SSSR count). The molecule has 1 aliphatic rings. The lowest BCUT2D eigenvalue weighted by Crippen LogP contribution is -2.35. The molecule has 2 heterocycles. The zero-order valence-electron chi connectivity index (χ0n) is 8.60. The van der Waals surface area contributed by atoms with Crippen LogP contribution in [0.5, 0.6) is 0 Å². The number of ether oxygens (including phenoxy) is 1. The van der Waals surface area contributed by atoms with Crippen LogP contribution in [0.4, 0.5) is 0 Å². The monoisotopic (exact) mass is 196 g/mol. The van der Waals surface area contributed by atoms with Crippen molar-refractivity contribution in [3.05, 3.63) is 12.2 Å². The first-order valence-corrected chi connectivity index (χ1v) is 4.98. The minimum atomic E-state index is 0.336. The van der Waals surface area contributed by atoms with Gasteiger partial charge in [0.15, 0.2) is 0 Å². The maximum atomic E-state index is 5.46. The Labute approximate surface area is 83.5 Å². The Morgan fingerprint density at radius 1 is 1.64 bits per heavy atom. The van der Waals surface area contributed by atoms with Crippen molar-refractivity contribution in [3.8, 4) is 0 Å². The summed E-state index contributed by atoms with van der Waals surface area (Å²) in [6.07, 6.45) is 1.59. The van der Waals surface area contributed by atoms with E-state index in [9.17, 15) is 0 Å². The molecule has 1 N–H and O–H groups in total. The van der Waals surface area contributed by atoms with E-state index in [0.29, 0.717) is 12.0 Å². The number of likely N-dealkylation sites (N-methyl/N-ethyl adjacent to an activating group) is 1. The Balaban J connectivity index is 2.13. The van der Waals surface area contributed by atoms with E-state index in [2.05, 4.69) is 22.3 Å². The van der Waals surface area contributed by atoms with Gasteiger partial charge >= 0.3 is 0 Å². The molecule has 0 aromatic carbocycles. The number of aryl methyl sites for hydroxylation is 1. The van der Waals surface area contributed by atoms with Crippen LogP contribution in [0.15, 0.2) is 6.33 Å². The Bertz CT molecular complexity index is 299. The molecule has 1 aromatic rings. The van der Waals surface area contributed by atoms with Crippen molar-refractivity contribution < 1.29 is 4.74 Å². The predicted molar refractivity (Wildman–Crippen MR) is 52.0 cm³/mol. The van der Waals surface area contributed by atoms with Crippen molar-refractivity contribution in [2.45, 2.75) is 18.9 Å². The van der Waals surface area contributed by atoms with E-state index in [1.54, 1.807) is 6.33 Å². The van der Waals surface area contributed by atoms with Crippen molar-refractivity contribution in [1.29, 1.82) is 0 Å². The molecular formula is C9H16N4O. The minimum Gasteiger partial charge on any atom is -0.379 e. The smallest absolute Gasteiger partial charge is 0.138 e. The van der Waals surface area contributed by atoms with Gasteiger partial charge in [-0.05, 0) is 6.54 Å². The number of hydrogen-bond donors (Lipinski definition) is 1. The Morgan fingerprint density at radius 2 is 2.50 bits per heavy atom. The predicted octanol–water partition coefficient (Wildman–Crippen LogP) is -0.0930. The highest BCUT2D eigenvalue weighted by Crippen LogP contribution is 2.23. The molecule has 0 bridgehead atoms. The van der Waals surface area contributed by atoms with Gasteiger partial charge in [-0.15, -0.1) is 0 Å². The van der Waals surface area contributed by atoms with Gasteiger partial charge in [-0.1, -0.05) is 6.92 Å². The topological polar surface area (TPSA) is 52.0 Å².